The van der Waals surface area contributed by atoms with Gasteiger partial charge in [0.25, 0.3) is 0 Å². The van der Waals surface area contributed by atoms with E-state index in [1.807, 2.05) is 6.92 Å². The van der Waals surface area contributed by atoms with Crippen molar-refractivity contribution in [3.05, 3.63) is 46.4 Å². The van der Waals surface area contributed by atoms with E-state index in [9.17, 15) is 0 Å². The summed E-state index contributed by atoms with van der Waals surface area (Å²) in [5.74, 6) is 0. The molecule has 6 nitrogen and oxygen atoms in total. The van der Waals surface area contributed by atoms with Crippen molar-refractivity contribution < 1.29 is 17.1 Å². The van der Waals surface area contributed by atoms with E-state index in [0.717, 1.165) is 6.42 Å². The zero-order chi connectivity index (χ0) is 14.7. The van der Waals surface area contributed by atoms with Crippen LogP contribution in [0.1, 0.15) is 13.3 Å². The van der Waals surface area contributed by atoms with Crippen molar-refractivity contribution in [2.24, 2.45) is 0 Å². The van der Waals surface area contributed by atoms with Gasteiger partial charge in [-0.05, 0) is 0 Å². The molecule has 16 heavy (non-hydrogen) atoms. The fraction of sp³-hybridized carbons (Fsp3) is 0.222. The standard InChI is InChI=1S/C3H7.6CN.Fe/c1-3-2;6*1-2;/h1,3H2,2H3;;;;;;;/q7*-1;. The van der Waals surface area contributed by atoms with Crippen molar-refractivity contribution in [1.29, 1.82) is 31.6 Å². The molecule has 0 rings (SSSR count). The van der Waals surface area contributed by atoms with Gasteiger partial charge in [-0.1, -0.05) is 6.92 Å². The molecule has 0 atom stereocenters. The normalized spacial score (nSPS) is 1.88. The van der Waals surface area contributed by atoms with Crippen LogP contribution in [0.15, 0.2) is 0 Å². The van der Waals surface area contributed by atoms with Crippen molar-refractivity contribution in [3.8, 4) is 0 Å². The van der Waals surface area contributed by atoms with Gasteiger partial charge < -0.3 is 77.9 Å². The van der Waals surface area contributed by atoms with Crippen molar-refractivity contribution in [1.82, 2.24) is 0 Å². The third kappa shape index (κ3) is 194. The molecule has 0 fully saturated rings. The third-order valence-electron chi connectivity index (χ3n) is 0. The molecule has 0 bridgehead atoms. The van der Waals surface area contributed by atoms with Crippen LogP contribution < -0.4 is 0 Å². The molecule has 0 aromatic carbocycles. The molecule has 0 spiro atoms. The molecule has 0 aliphatic carbocycles. The summed E-state index contributed by atoms with van der Waals surface area (Å²) in [4.78, 5) is 0. The van der Waals surface area contributed by atoms with E-state index in [0.29, 0.717) is 0 Å². The van der Waals surface area contributed by atoms with Gasteiger partial charge in [0.15, 0.2) is 0 Å². The summed E-state index contributed by atoms with van der Waals surface area (Å²) < 4.78 is 0. The SMILES string of the molecule is [C-]#N.[C-]#N.[C-]#N.[C-]#N.[C-]#N.[C-]#N.[CH2-]CC.[Fe]. The largest absolute Gasteiger partial charge is 0.512 e. The molecule has 0 aliphatic rings. The molecular weight excluding hydrogens is 248 g/mol. The Morgan fingerprint density at radius 1 is 0.625 bits per heavy atom. The van der Waals surface area contributed by atoms with Gasteiger partial charge in [0, 0.05) is 17.1 Å². The molecule has 0 amide bonds. The summed E-state index contributed by atoms with van der Waals surface area (Å²) in [7, 11) is 0. The number of rotatable bonds is 0. The number of hydrogen-bond acceptors (Lipinski definition) is 6. The Labute approximate surface area is 109 Å². The van der Waals surface area contributed by atoms with Crippen molar-refractivity contribution in [2.75, 3.05) is 0 Å². The molecule has 7 heteroatoms. The maximum absolute atomic E-state index is 6.25. The van der Waals surface area contributed by atoms with E-state index < -0.39 is 0 Å². The van der Waals surface area contributed by atoms with Gasteiger partial charge in [-0.15, -0.1) is 0 Å². The predicted octanol–water partition coefficient (Wildman–Crippen LogP) is 1.81. The summed E-state index contributed by atoms with van der Waals surface area (Å²) in [6.45, 7) is 34.0. The van der Waals surface area contributed by atoms with E-state index in [1.54, 1.807) is 0 Å². The van der Waals surface area contributed by atoms with E-state index in [-0.39, 0.29) is 17.1 Å². The first-order chi connectivity index (χ1) is 7.41. The average molecular weight is 255 g/mol. The Morgan fingerprint density at radius 2 is 0.625 bits per heavy atom. The molecule has 0 saturated carbocycles. The van der Waals surface area contributed by atoms with Crippen molar-refractivity contribution in [2.45, 2.75) is 13.3 Å². The van der Waals surface area contributed by atoms with Crippen LogP contribution in [-0.4, -0.2) is 0 Å². The molecular formula is C9H7FeN6-7. The predicted molar refractivity (Wildman–Crippen MR) is 45.5 cm³/mol. The minimum atomic E-state index is 0. The second kappa shape index (κ2) is 689. The Kier molecular flexibility index (Phi) is 3020. The van der Waals surface area contributed by atoms with Crippen molar-refractivity contribution in [3.63, 3.8) is 0 Å². The van der Waals surface area contributed by atoms with Crippen LogP contribution >= 0.6 is 0 Å². The molecule has 0 heterocycles. The quantitative estimate of drug-likeness (QED) is 0.476. The van der Waals surface area contributed by atoms with Gasteiger partial charge in [0.2, 0.25) is 0 Å². The minimum Gasteiger partial charge on any atom is -0.512 e. The van der Waals surface area contributed by atoms with Gasteiger partial charge in [0.1, 0.15) is 0 Å². The number of hydrogen-bond donors (Lipinski definition) is 0. The molecule has 0 N–H and O–H groups in total. The maximum atomic E-state index is 6.25. The van der Waals surface area contributed by atoms with Crippen LogP contribution in [0, 0.1) is 77.9 Å². The summed E-state index contributed by atoms with van der Waals surface area (Å²) in [5, 5.41) is 37.5. The van der Waals surface area contributed by atoms with Crippen LogP contribution in [0.25, 0.3) is 0 Å². The van der Waals surface area contributed by atoms with E-state index in [2.05, 4.69) is 6.92 Å². The number of nitrogens with zero attached hydrogens (tertiary/aromatic N) is 6. The van der Waals surface area contributed by atoms with Crippen LogP contribution in [0.3, 0.4) is 0 Å². The van der Waals surface area contributed by atoms with Crippen LogP contribution in [0.4, 0.5) is 0 Å². The third-order valence-corrected chi connectivity index (χ3v) is 0. The second-order valence-electron chi connectivity index (χ2n) is 0.500. The Morgan fingerprint density at radius 3 is 0.625 bits per heavy atom. The first-order valence-electron chi connectivity index (χ1n) is 2.55. The molecule has 0 radical (unpaired) electrons. The van der Waals surface area contributed by atoms with Crippen molar-refractivity contribution >= 4 is 0 Å². The zero-order valence-corrected chi connectivity index (χ0v) is 9.56. The smallest absolute Gasteiger partial charge is 0 e. The van der Waals surface area contributed by atoms with Crippen LogP contribution in [-0.2, 0) is 17.1 Å². The van der Waals surface area contributed by atoms with Gasteiger partial charge in [-0.3, -0.25) is 0 Å². The Hall–Kier alpha value is -2.54. The molecule has 0 aliphatic heterocycles. The first kappa shape index (κ1) is 70.1. The van der Waals surface area contributed by atoms with E-state index in [4.69, 9.17) is 71.0 Å². The molecule has 0 aromatic rings. The maximum Gasteiger partial charge on any atom is 0 e. The monoisotopic (exact) mass is 255 g/mol. The van der Waals surface area contributed by atoms with Crippen LogP contribution in [0.5, 0.6) is 0 Å². The van der Waals surface area contributed by atoms with Gasteiger partial charge in [-0.2, -0.15) is 6.42 Å². The minimum absolute atomic E-state index is 0. The summed E-state index contributed by atoms with van der Waals surface area (Å²) in [5.41, 5.74) is 0. The van der Waals surface area contributed by atoms with E-state index in [1.165, 1.54) is 0 Å². The van der Waals surface area contributed by atoms with E-state index >= 15 is 0 Å². The fourth-order valence-corrected chi connectivity index (χ4v) is 0. The van der Waals surface area contributed by atoms with Gasteiger partial charge in [-0.25, -0.2) is 0 Å². The Bertz CT molecular complexity index is 106. The van der Waals surface area contributed by atoms with Gasteiger partial charge >= 0.3 is 0 Å². The summed E-state index contributed by atoms with van der Waals surface area (Å²) >= 11 is 0. The molecule has 0 saturated heterocycles. The first-order valence-corrected chi connectivity index (χ1v) is 2.55. The van der Waals surface area contributed by atoms with Gasteiger partial charge in [0.05, 0.1) is 0 Å². The molecule has 0 unspecified atom stereocenters. The fourth-order valence-electron chi connectivity index (χ4n) is 0. The average Bonchev–Trinajstić information content (AvgIpc) is 2.44. The summed E-state index contributed by atoms with van der Waals surface area (Å²) in [6, 6.07) is 0. The topological polar surface area (TPSA) is 143 Å². The van der Waals surface area contributed by atoms with Crippen LogP contribution in [0.2, 0.25) is 0 Å². The zero-order valence-electron chi connectivity index (χ0n) is 8.45. The second-order valence-corrected chi connectivity index (χ2v) is 0.500. The summed E-state index contributed by atoms with van der Waals surface area (Å²) in [6.07, 6.45) is 1.00. The Balaban J connectivity index is -0.00000000777. The molecule has 0 aromatic heterocycles. The molecule has 88 valence electrons.